The molecule has 0 N–H and O–H groups in total. The average molecular weight is 418 g/mol. The molecule has 0 saturated heterocycles. The van der Waals surface area contributed by atoms with Gasteiger partial charge in [-0.3, -0.25) is 0 Å². The quantitative estimate of drug-likeness (QED) is 0.373. The first-order chi connectivity index (χ1) is 14.0. The first-order valence-corrected chi connectivity index (χ1v) is 9.22. The lowest BCUT2D eigenvalue weighted by Crippen LogP contribution is -2.11. The highest BCUT2D eigenvalue weighted by molar-refractivity contribution is 5.94. The number of allylic oxidation sites excluding steroid dienone is 1. The Morgan fingerprint density at radius 3 is 1.87 bits per heavy atom. The molecule has 6 heteroatoms. The van der Waals surface area contributed by atoms with Gasteiger partial charge in [0.1, 0.15) is 0 Å². The van der Waals surface area contributed by atoms with E-state index in [1.807, 2.05) is 42.5 Å². The Kier molecular flexibility index (Phi) is 4.76. The number of fused-ring (bicyclic) bond motifs is 1. The van der Waals surface area contributed by atoms with Gasteiger partial charge in [0.25, 0.3) is 0 Å². The standard InChI is InChI=1S/C24H16F6/c1-14-7-8-16-9-17(15-5-3-2-4-6-15)12-21(16)22(14)18-10-19(23(25,26)27)13-20(11-18)24(28,29)30/h2-8,10-13H,9H2,1H3. The number of rotatable bonds is 2. The van der Waals surface area contributed by atoms with Gasteiger partial charge in [-0.15, -0.1) is 0 Å². The molecule has 0 aliphatic heterocycles. The molecule has 4 rings (SSSR count). The van der Waals surface area contributed by atoms with Crippen LogP contribution in [0.5, 0.6) is 0 Å². The van der Waals surface area contributed by atoms with E-state index in [-0.39, 0.29) is 11.6 Å². The Hall–Kier alpha value is -3.02. The molecule has 0 fully saturated rings. The molecule has 0 bridgehead atoms. The van der Waals surface area contributed by atoms with E-state index in [1.165, 1.54) is 0 Å². The molecular weight excluding hydrogens is 402 g/mol. The summed E-state index contributed by atoms with van der Waals surface area (Å²) in [6.07, 6.45) is -7.34. The van der Waals surface area contributed by atoms with Crippen molar-refractivity contribution < 1.29 is 26.3 Å². The molecule has 0 radical (unpaired) electrons. The van der Waals surface area contributed by atoms with Crippen LogP contribution in [0.1, 0.15) is 33.4 Å². The molecule has 0 unspecified atom stereocenters. The summed E-state index contributed by atoms with van der Waals surface area (Å²) >= 11 is 0. The van der Waals surface area contributed by atoms with Gasteiger partial charge in [-0.05, 0) is 76.6 Å². The third-order valence-electron chi connectivity index (χ3n) is 5.26. The number of benzene rings is 3. The van der Waals surface area contributed by atoms with Crippen LogP contribution in [-0.4, -0.2) is 0 Å². The fraction of sp³-hybridized carbons (Fsp3) is 0.167. The molecule has 0 atom stereocenters. The molecule has 1 aliphatic carbocycles. The van der Waals surface area contributed by atoms with E-state index >= 15 is 0 Å². The van der Waals surface area contributed by atoms with Crippen molar-refractivity contribution in [3.63, 3.8) is 0 Å². The van der Waals surface area contributed by atoms with Gasteiger partial charge in [-0.1, -0.05) is 42.5 Å². The summed E-state index contributed by atoms with van der Waals surface area (Å²) in [7, 11) is 0. The lowest BCUT2D eigenvalue weighted by molar-refractivity contribution is -0.143. The first kappa shape index (κ1) is 20.3. The maximum atomic E-state index is 13.3. The van der Waals surface area contributed by atoms with E-state index in [4.69, 9.17) is 0 Å². The largest absolute Gasteiger partial charge is 0.416 e. The maximum absolute atomic E-state index is 13.3. The summed E-state index contributed by atoms with van der Waals surface area (Å²) in [5, 5.41) is 0. The van der Waals surface area contributed by atoms with Crippen LogP contribution >= 0.6 is 0 Å². The summed E-state index contributed by atoms with van der Waals surface area (Å²) < 4.78 is 80.0. The van der Waals surface area contributed by atoms with E-state index < -0.39 is 23.5 Å². The highest BCUT2D eigenvalue weighted by atomic mass is 19.4. The topological polar surface area (TPSA) is 0 Å². The van der Waals surface area contributed by atoms with E-state index in [0.717, 1.165) is 28.8 Å². The minimum absolute atomic E-state index is 0.0861. The molecule has 3 aromatic rings. The van der Waals surface area contributed by atoms with Crippen molar-refractivity contribution >= 4 is 11.6 Å². The predicted octanol–water partition coefficient (Wildman–Crippen LogP) is 7.80. The van der Waals surface area contributed by atoms with Crippen LogP contribution in [0.4, 0.5) is 26.3 Å². The Labute approximate surface area is 169 Å². The summed E-state index contributed by atoms with van der Waals surface area (Å²) in [6, 6.07) is 14.9. The van der Waals surface area contributed by atoms with Crippen LogP contribution in [0.25, 0.3) is 22.8 Å². The van der Waals surface area contributed by atoms with Crippen molar-refractivity contribution in [2.24, 2.45) is 0 Å². The monoisotopic (exact) mass is 418 g/mol. The highest BCUT2D eigenvalue weighted by Gasteiger charge is 2.37. The van der Waals surface area contributed by atoms with Crippen molar-refractivity contribution in [2.75, 3.05) is 0 Å². The second kappa shape index (κ2) is 7.04. The number of aryl methyl sites for hydroxylation is 1. The zero-order valence-corrected chi connectivity index (χ0v) is 15.8. The molecular formula is C24H16F6. The molecule has 0 saturated carbocycles. The van der Waals surface area contributed by atoms with Crippen LogP contribution < -0.4 is 0 Å². The zero-order chi connectivity index (χ0) is 21.7. The first-order valence-electron chi connectivity index (χ1n) is 9.22. The van der Waals surface area contributed by atoms with Gasteiger partial charge < -0.3 is 0 Å². The lowest BCUT2D eigenvalue weighted by atomic mass is 9.90. The van der Waals surface area contributed by atoms with E-state index in [1.54, 1.807) is 13.0 Å². The van der Waals surface area contributed by atoms with Gasteiger partial charge >= 0.3 is 12.4 Å². The van der Waals surface area contributed by atoms with Gasteiger partial charge in [0, 0.05) is 0 Å². The average Bonchev–Trinajstić information content (AvgIpc) is 3.11. The smallest absolute Gasteiger partial charge is 0.166 e. The minimum atomic E-state index is -4.88. The third-order valence-corrected chi connectivity index (χ3v) is 5.26. The van der Waals surface area contributed by atoms with Crippen molar-refractivity contribution in [1.82, 2.24) is 0 Å². The van der Waals surface area contributed by atoms with E-state index in [0.29, 0.717) is 23.1 Å². The third kappa shape index (κ3) is 3.74. The molecule has 3 aromatic carbocycles. The molecule has 0 spiro atoms. The summed E-state index contributed by atoms with van der Waals surface area (Å²) in [5.41, 5.74) is 1.79. The van der Waals surface area contributed by atoms with Gasteiger partial charge in [0.05, 0.1) is 11.1 Å². The van der Waals surface area contributed by atoms with E-state index in [9.17, 15) is 26.3 Å². The molecule has 1 aliphatic rings. The van der Waals surface area contributed by atoms with E-state index in [2.05, 4.69) is 0 Å². The normalized spacial score (nSPS) is 13.9. The lowest BCUT2D eigenvalue weighted by Gasteiger charge is -2.17. The van der Waals surface area contributed by atoms with Crippen LogP contribution in [0.3, 0.4) is 0 Å². The summed E-state index contributed by atoms with van der Waals surface area (Å²) in [6.45, 7) is 1.69. The zero-order valence-electron chi connectivity index (χ0n) is 15.8. The van der Waals surface area contributed by atoms with Crippen molar-refractivity contribution in [1.29, 1.82) is 0 Å². The Bertz CT molecular complexity index is 1100. The van der Waals surface area contributed by atoms with Crippen LogP contribution in [0, 0.1) is 6.92 Å². The molecule has 0 aromatic heterocycles. The van der Waals surface area contributed by atoms with Gasteiger partial charge in [-0.2, -0.15) is 26.3 Å². The number of halogens is 6. The van der Waals surface area contributed by atoms with Crippen LogP contribution in [0.15, 0.2) is 60.7 Å². The fourth-order valence-corrected chi connectivity index (χ4v) is 3.84. The van der Waals surface area contributed by atoms with Gasteiger partial charge in [0.2, 0.25) is 0 Å². The van der Waals surface area contributed by atoms with Crippen molar-refractivity contribution in [3.05, 3.63) is 94.0 Å². The summed E-state index contributed by atoms with van der Waals surface area (Å²) in [5.74, 6) is 0. The molecule has 0 nitrogen and oxygen atoms in total. The number of alkyl halides is 6. The Morgan fingerprint density at radius 1 is 0.700 bits per heavy atom. The molecule has 30 heavy (non-hydrogen) atoms. The number of hydrogen-bond acceptors (Lipinski definition) is 0. The second-order valence-corrected chi connectivity index (χ2v) is 7.34. The fourth-order valence-electron chi connectivity index (χ4n) is 3.84. The molecule has 154 valence electrons. The highest BCUT2D eigenvalue weighted by Crippen LogP contribution is 2.43. The number of hydrogen-bond donors (Lipinski definition) is 0. The minimum Gasteiger partial charge on any atom is -0.166 e. The van der Waals surface area contributed by atoms with Crippen molar-refractivity contribution in [2.45, 2.75) is 25.7 Å². The maximum Gasteiger partial charge on any atom is 0.416 e. The SMILES string of the molecule is Cc1ccc2c(c1-c1cc(C(F)(F)F)cc(C(F)(F)F)c1)C=C(c1ccccc1)C2. The second-order valence-electron chi connectivity index (χ2n) is 7.34. The van der Waals surface area contributed by atoms with Gasteiger partial charge in [-0.25, -0.2) is 0 Å². The Morgan fingerprint density at radius 2 is 1.30 bits per heavy atom. The van der Waals surface area contributed by atoms with Crippen molar-refractivity contribution in [3.8, 4) is 11.1 Å². The molecule has 0 heterocycles. The summed E-state index contributed by atoms with van der Waals surface area (Å²) in [4.78, 5) is 0. The Balaban J connectivity index is 1.93. The van der Waals surface area contributed by atoms with Gasteiger partial charge in [0.15, 0.2) is 0 Å². The van der Waals surface area contributed by atoms with Crippen LogP contribution in [0.2, 0.25) is 0 Å². The molecule has 0 amide bonds. The predicted molar refractivity (Wildman–Crippen MR) is 105 cm³/mol. The van der Waals surface area contributed by atoms with Crippen LogP contribution in [-0.2, 0) is 18.8 Å².